The molecule has 0 aliphatic carbocycles. The minimum absolute atomic E-state index is 0.104. The topological polar surface area (TPSA) is 82.2 Å². The molecule has 21 heavy (non-hydrogen) atoms. The Hall–Kier alpha value is -1.79. The number of rotatable bonds is 6. The van der Waals surface area contributed by atoms with Crippen LogP contribution in [0.3, 0.4) is 0 Å². The predicted octanol–water partition coefficient (Wildman–Crippen LogP) is 1.37. The summed E-state index contributed by atoms with van der Waals surface area (Å²) in [6.45, 7) is -0.104. The fourth-order valence-electron chi connectivity index (χ4n) is 2.13. The van der Waals surface area contributed by atoms with Crippen LogP contribution < -0.4 is 10.9 Å². The fraction of sp³-hybridized carbons (Fsp3) is 0.333. The summed E-state index contributed by atoms with van der Waals surface area (Å²) in [5.74, 6) is 0.570. The van der Waals surface area contributed by atoms with Gasteiger partial charge in [0.25, 0.3) is 11.5 Å². The summed E-state index contributed by atoms with van der Waals surface area (Å²) in [6, 6.07) is 6.69. The molecule has 0 unspecified atom stereocenters. The van der Waals surface area contributed by atoms with Crippen molar-refractivity contribution in [3.05, 3.63) is 46.4 Å². The number of thioether (sulfide) groups is 1. The molecule has 1 aromatic heterocycles. The van der Waals surface area contributed by atoms with Crippen molar-refractivity contribution in [2.24, 2.45) is 0 Å². The molecule has 0 saturated heterocycles. The zero-order valence-corrected chi connectivity index (χ0v) is 12.6. The Morgan fingerprint density at radius 1 is 1.38 bits per heavy atom. The van der Waals surface area contributed by atoms with E-state index in [0.717, 1.165) is 5.75 Å². The highest BCUT2D eigenvalue weighted by molar-refractivity contribution is 7.98. The maximum atomic E-state index is 12.4. The Balaban J connectivity index is 2.27. The average molecular weight is 306 g/mol. The summed E-state index contributed by atoms with van der Waals surface area (Å²) in [5.41, 5.74) is 0.191. The number of aromatic amines is 1. The molecule has 0 radical (unpaired) electrons. The molecule has 1 heterocycles. The standard InChI is InChI=1S/C15H18N2O3S/c1-21-7-6-10(9-18)17-15(20)13-8-16-14(19)12-5-3-2-4-11(12)13/h2-5,8,10,18H,6-7,9H2,1H3,(H,16,19)(H,17,20)/t10-/m0/s1. The number of aromatic nitrogens is 1. The number of amides is 1. The van der Waals surface area contributed by atoms with E-state index in [4.69, 9.17) is 0 Å². The third-order valence-corrected chi connectivity index (χ3v) is 3.92. The van der Waals surface area contributed by atoms with Crippen LogP contribution in [0.5, 0.6) is 0 Å². The summed E-state index contributed by atoms with van der Waals surface area (Å²) in [7, 11) is 0. The van der Waals surface area contributed by atoms with Crippen LogP contribution in [0.1, 0.15) is 16.8 Å². The average Bonchev–Trinajstić information content (AvgIpc) is 2.51. The second-order valence-corrected chi connectivity index (χ2v) is 5.70. The van der Waals surface area contributed by atoms with Crippen LogP contribution in [0.4, 0.5) is 0 Å². The van der Waals surface area contributed by atoms with Gasteiger partial charge in [0.2, 0.25) is 0 Å². The molecule has 1 atom stereocenters. The van der Waals surface area contributed by atoms with E-state index in [0.29, 0.717) is 22.8 Å². The van der Waals surface area contributed by atoms with Crippen LogP contribution in [0.15, 0.2) is 35.3 Å². The minimum atomic E-state index is -0.289. The van der Waals surface area contributed by atoms with Crippen LogP contribution in [-0.2, 0) is 0 Å². The SMILES string of the molecule is CSCC[C@@H](CO)NC(=O)c1c[nH]c(=O)c2ccccc12. The molecule has 0 aliphatic rings. The molecule has 3 N–H and O–H groups in total. The van der Waals surface area contributed by atoms with E-state index in [9.17, 15) is 14.7 Å². The molecule has 0 aliphatic heterocycles. The van der Waals surface area contributed by atoms with Crippen molar-refractivity contribution in [3.63, 3.8) is 0 Å². The van der Waals surface area contributed by atoms with E-state index in [1.165, 1.54) is 6.20 Å². The van der Waals surface area contributed by atoms with E-state index in [1.807, 2.05) is 6.26 Å². The summed E-state index contributed by atoms with van der Waals surface area (Å²) < 4.78 is 0. The van der Waals surface area contributed by atoms with Gasteiger partial charge >= 0.3 is 0 Å². The van der Waals surface area contributed by atoms with Crippen LogP contribution in [0, 0.1) is 0 Å². The van der Waals surface area contributed by atoms with Crippen molar-refractivity contribution >= 4 is 28.4 Å². The van der Waals surface area contributed by atoms with Gasteiger partial charge in [-0.1, -0.05) is 18.2 Å². The molecule has 112 valence electrons. The molecular formula is C15H18N2O3S. The van der Waals surface area contributed by atoms with Crippen molar-refractivity contribution in [1.29, 1.82) is 0 Å². The fourth-order valence-corrected chi connectivity index (χ4v) is 2.65. The van der Waals surface area contributed by atoms with Gasteiger partial charge in [-0.2, -0.15) is 11.8 Å². The van der Waals surface area contributed by atoms with Crippen LogP contribution in [0.2, 0.25) is 0 Å². The predicted molar refractivity (Wildman–Crippen MR) is 85.9 cm³/mol. The lowest BCUT2D eigenvalue weighted by Crippen LogP contribution is -2.38. The summed E-state index contributed by atoms with van der Waals surface area (Å²) in [6.07, 6.45) is 4.10. The number of pyridine rings is 1. The maximum Gasteiger partial charge on any atom is 0.255 e. The minimum Gasteiger partial charge on any atom is -0.394 e. The van der Waals surface area contributed by atoms with Gasteiger partial charge < -0.3 is 15.4 Å². The Morgan fingerprint density at radius 2 is 2.10 bits per heavy atom. The number of carbonyl (C=O) groups excluding carboxylic acids is 1. The van der Waals surface area contributed by atoms with E-state index < -0.39 is 0 Å². The van der Waals surface area contributed by atoms with Gasteiger partial charge in [-0.15, -0.1) is 0 Å². The maximum absolute atomic E-state index is 12.4. The molecule has 2 rings (SSSR count). The molecule has 1 amide bonds. The van der Waals surface area contributed by atoms with E-state index in [-0.39, 0.29) is 24.1 Å². The van der Waals surface area contributed by atoms with Gasteiger partial charge in [0.15, 0.2) is 0 Å². The molecule has 0 spiro atoms. The number of nitrogens with one attached hydrogen (secondary N) is 2. The first-order valence-corrected chi connectivity index (χ1v) is 8.08. The second kappa shape index (κ2) is 7.28. The first-order chi connectivity index (χ1) is 10.2. The molecule has 6 heteroatoms. The van der Waals surface area contributed by atoms with Gasteiger partial charge in [0.1, 0.15) is 0 Å². The highest BCUT2D eigenvalue weighted by Crippen LogP contribution is 2.14. The lowest BCUT2D eigenvalue weighted by Gasteiger charge is -2.16. The third kappa shape index (κ3) is 3.65. The number of hydrogen-bond donors (Lipinski definition) is 3. The number of aliphatic hydroxyl groups excluding tert-OH is 1. The first kappa shape index (κ1) is 15.6. The van der Waals surface area contributed by atoms with Crippen molar-refractivity contribution in [2.45, 2.75) is 12.5 Å². The second-order valence-electron chi connectivity index (χ2n) is 4.71. The number of hydrogen-bond acceptors (Lipinski definition) is 4. The third-order valence-electron chi connectivity index (χ3n) is 3.28. The summed E-state index contributed by atoms with van der Waals surface area (Å²) in [5, 5.41) is 13.2. The van der Waals surface area contributed by atoms with Crippen molar-refractivity contribution in [3.8, 4) is 0 Å². The molecular weight excluding hydrogens is 288 g/mol. The summed E-state index contributed by atoms with van der Waals surface area (Å²) >= 11 is 1.66. The van der Waals surface area contributed by atoms with Gasteiger partial charge in [-0.05, 0) is 24.5 Å². The van der Waals surface area contributed by atoms with Gasteiger partial charge in [-0.3, -0.25) is 9.59 Å². The van der Waals surface area contributed by atoms with Crippen molar-refractivity contribution < 1.29 is 9.90 Å². The lowest BCUT2D eigenvalue weighted by molar-refractivity contribution is 0.0916. The lowest BCUT2D eigenvalue weighted by atomic mass is 10.1. The smallest absolute Gasteiger partial charge is 0.255 e. The zero-order valence-electron chi connectivity index (χ0n) is 11.8. The highest BCUT2D eigenvalue weighted by Gasteiger charge is 2.15. The number of carbonyl (C=O) groups is 1. The molecule has 5 nitrogen and oxygen atoms in total. The van der Waals surface area contributed by atoms with Crippen LogP contribution >= 0.6 is 11.8 Å². The normalized spacial score (nSPS) is 12.3. The molecule has 0 bridgehead atoms. The Bertz CT molecular complexity index is 684. The Morgan fingerprint density at radius 3 is 2.76 bits per heavy atom. The molecule has 2 aromatic rings. The van der Waals surface area contributed by atoms with E-state index in [2.05, 4.69) is 10.3 Å². The zero-order chi connectivity index (χ0) is 15.2. The Kier molecular flexibility index (Phi) is 5.41. The largest absolute Gasteiger partial charge is 0.394 e. The Labute approximate surface area is 126 Å². The van der Waals surface area contributed by atoms with Crippen molar-refractivity contribution in [2.75, 3.05) is 18.6 Å². The van der Waals surface area contributed by atoms with Gasteiger partial charge in [0.05, 0.1) is 18.2 Å². The van der Waals surface area contributed by atoms with Gasteiger partial charge in [0, 0.05) is 17.0 Å². The number of benzene rings is 1. The van der Waals surface area contributed by atoms with Crippen LogP contribution in [-0.4, -0.2) is 40.7 Å². The van der Waals surface area contributed by atoms with Gasteiger partial charge in [-0.25, -0.2) is 0 Å². The quantitative estimate of drug-likeness (QED) is 0.753. The molecule has 0 fully saturated rings. The van der Waals surface area contributed by atoms with Crippen molar-refractivity contribution in [1.82, 2.24) is 10.3 Å². The number of aliphatic hydroxyl groups is 1. The highest BCUT2D eigenvalue weighted by atomic mass is 32.2. The molecule has 1 aromatic carbocycles. The summed E-state index contributed by atoms with van der Waals surface area (Å²) in [4.78, 5) is 26.7. The van der Waals surface area contributed by atoms with E-state index >= 15 is 0 Å². The first-order valence-electron chi connectivity index (χ1n) is 6.68. The van der Waals surface area contributed by atoms with E-state index in [1.54, 1.807) is 36.0 Å². The van der Waals surface area contributed by atoms with Crippen LogP contribution in [0.25, 0.3) is 10.8 Å². The monoisotopic (exact) mass is 306 g/mol. The number of fused-ring (bicyclic) bond motifs is 1. The molecule has 0 saturated carbocycles. The number of H-pyrrole nitrogens is 1.